The Morgan fingerprint density at radius 2 is 1.54 bits per heavy atom. The van der Waals surface area contributed by atoms with Crippen molar-refractivity contribution in [2.45, 2.75) is 30.8 Å². The maximum absolute atomic E-state index is 12.5. The van der Waals surface area contributed by atoms with Gasteiger partial charge >= 0.3 is 0 Å². The number of nitrogens with two attached hydrogens (primary N) is 1. The monoisotopic (exact) mass is 375 g/mol. The summed E-state index contributed by atoms with van der Waals surface area (Å²) >= 11 is 0. The topological polar surface area (TPSA) is 101 Å². The first kappa shape index (κ1) is 20.1. The predicted molar refractivity (Wildman–Crippen MR) is 102 cm³/mol. The molecule has 6 nitrogen and oxygen atoms in total. The van der Waals surface area contributed by atoms with Gasteiger partial charge in [0.05, 0.1) is 16.9 Å². The zero-order chi connectivity index (χ0) is 19.3. The highest BCUT2D eigenvalue weighted by Crippen LogP contribution is 2.21. The van der Waals surface area contributed by atoms with Crippen LogP contribution < -0.4 is 15.8 Å². The highest BCUT2D eigenvalue weighted by atomic mass is 32.2. The van der Waals surface area contributed by atoms with Crippen molar-refractivity contribution in [1.29, 1.82) is 0 Å². The summed E-state index contributed by atoms with van der Waals surface area (Å²) in [5, 5.41) is 2.93. The molecule has 0 radical (unpaired) electrons. The van der Waals surface area contributed by atoms with Crippen molar-refractivity contribution < 1.29 is 13.2 Å². The summed E-state index contributed by atoms with van der Waals surface area (Å²) in [6.07, 6.45) is 0. The summed E-state index contributed by atoms with van der Waals surface area (Å²) in [5.41, 5.74) is 7.92. The number of nitrogens with one attached hydrogen (secondary N) is 2. The van der Waals surface area contributed by atoms with Gasteiger partial charge in [-0.3, -0.25) is 4.79 Å². The Labute approximate surface area is 154 Å². The molecular weight excluding hydrogens is 350 g/mol. The van der Waals surface area contributed by atoms with Crippen molar-refractivity contribution in [2.75, 3.05) is 7.05 Å². The van der Waals surface area contributed by atoms with Crippen LogP contribution in [0.3, 0.4) is 0 Å². The zero-order valence-electron chi connectivity index (χ0n) is 15.1. The van der Waals surface area contributed by atoms with E-state index in [1.165, 1.54) is 19.2 Å². The number of carbonyl (C=O) groups excluding carboxylic acids is 1. The quantitative estimate of drug-likeness (QED) is 0.690. The molecule has 2 aromatic carbocycles. The molecule has 0 saturated carbocycles. The molecule has 0 bridgehead atoms. The van der Waals surface area contributed by atoms with E-state index in [4.69, 9.17) is 5.73 Å². The van der Waals surface area contributed by atoms with Crippen molar-refractivity contribution in [3.05, 3.63) is 65.7 Å². The minimum atomic E-state index is -3.47. The number of amides is 1. The molecule has 3 unspecified atom stereocenters. The lowest BCUT2D eigenvalue weighted by Crippen LogP contribution is -2.36. The third kappa shape index (κ3) is 4.69. The summed E-state index contributed by atoms with van der Waals surface area (Å²) in [5.74, 6) is -0.551. The Bertz CT molecular complexity index is 836. The van der Waals surface area contributed by atoms with Crippen LogP contribution in [-0.2, 0) is 14.8 Å². The second-order valence-electron chi connectivity index (χ2n) is 6.23. The van der Waals surface area contributed by atoms with E-state index in [-0.39, 0.29) is 16.8 Å². The largest absolute Gasteiger partial charge is 0.349 e. The molecule has 1 amide bonds. The molecule has 140 valence electrons. The lowest BCUT2D eigenvalue weighted by molar-refractivity contribution is -0.125. The molecule has 0 aromatic heterocycles. The second-order valence-corrected chi connectivity index (χ2v) is 8.12. The van der Waals surface area contributed by atoms with Crippen LogP contribution in [0.25, 0.3) is 0 Å². The number of rotatable bonds is 7. The van der Waals surface area contributed by atoms with E-state index in [1.54, 1.807) is 19.1 Å². The molecule has 0 fully saturated rings. The Balaban J connectivity index is 2.04. The molecule has 0 heterocycles. The molecule has 0 aliphatic rings. The zero-order valence-corrected chi connectivity index (χ0v) is 16.0. The molecule has 0 saturated heterocycles. The third-order valence-corrected chi connectivity index (χ3v) is 5.88. The van der Waals surface area contributed by atoms with Gasteiger partial charge in [0.25, 0.3) is 0 Å². The molecule has 0 spiro atoms. The summed E-state index contributed by atoms with van der Waals surface area (Å²) in [7, 11) is -2.11. The van der Waals surface area contributed by atoms with E-state index in [9.17, 15) is 13.2 Å². The van der Waals surface area contributed by atoms with Gasteiger partial charge in [0.2, 0.25) is 15.9 Å². The lowest BCUT2D eigenvalue weighted by Gasteiger charge is -2.22. The van der Waals surface area contributed by atoms with Gasteiger partial charge in [-0.25, -0.2) is 13.1 Å². The predicted octanol–water partition coefficient (Wildman–Crippen LogP) is 2.11. The Morgan fingerprint density at radius 3 is 2.08 bits per heavy atom. The van der Waals surface area contributed by atoms with Crippen LogP contribution in [0.2, 0.25) is 0 Å². The van der Waals surface area contributed by atoms with Crippen LogP contribution in [0.4, 0.5) is 0 Å². The fraction of sp³-hybridized carbons (Fsp3) is 0.316. The average Bonchev–Trinajstić information content (AvgIpc) is 2.67. The molecular formula is C19H25N3O3S. The van der Waals surface area contributed by atoms with E-state index in [0.29, 0.717) is 0 Å². The van der Waals surface area contributed by atoms with Crippen LogP contribution >= 0.6 is 0 Å². The smallest absolute Gasteiger partial charge is 0.240 e. The van der Waals surface area contributed by atoms with Gasteiger partial charge in [-0.1, -0.05) is 49.4 Å². The second kappa shape index (κ2) is 8.44. The first-order valence-corrected chi connectivity index (χ1v) is 9.89. The standard InChI is InChI=1S/C19H25N3O3S/c1-13(18(20)16-7-5-4-6-8-16)19(23)22-14(2)15-9-11-17(12-10-15)26(24,25)21-3/h4-14,18,21H,20H2,1-3H3,(H,22,23). The fourth-order valence-corrected chi connectivity index (χ4v) is 3.34. The third-order valence-electron chi connectivity index (χ3n) is 4.45. The molecule has 2 rings (SSSR count). The van der Waals surface area contributed by atoms with Crippen molar-refractivity contribution in [3.8, 4) is 0 Å². The molecule has 0 aliphatic heterocycles. The molecule has 3 atom stereocenters. The van der Waals surface area contributed by atoms with E-state index < -0.39 is 22.0 Å². The van der Waals surface area contributed by atoms with Gasteiger partial charge < -0.3 is 11.1 Å². The molecule has 7 heteroatoms. The van der Waals surface area contributed by atoms with Crippen molar-refractivity contribution in [2.24, 2.45) is 11.7 Å². The van der Waals surface area contributed by atoms with Gasteiger partial charge in [0.15, 0.2) is 0 Å². The summed E-state index contributed by atoms with van der Waals surface area (Å²) in [6, 6.07) is 15.2. The number of benzene rings is 2. The van der Waals surface area contributed by atoms with Gasteiger partial charge in [-0.2, -0.15) is 0 Å². The van der Waals surface area contributed by atoms with Gasteiger partial charge in [-0.05, 0) is 37.2 Å². The highest BCUT2D eigenvalue weighted by Gasteiger charge is 2.23. The number of hydrogen-bond acceptors (Lipinski definition) is 4. The van der Waals surface area contributed by atoms with Crippen LogP contribution in [-0.4, -0.2) is 21.4 Å². The number of sulfonamides is 1. The van der Waals surface area contributed by atoms with Crippen LogP contribution in [0.15, 0.2) is 59.5 Å². The normalized spacial score (nSPS) is 15.1. The lowest BCUT2D eigenvalue weighted by atomic mass is 9.94. The van der Waals surface area contributed by atoms with Crippen LogP contribution in [0.1, 0.15) is 37.1 Å². The minimum absolute atomic E-state index is 0.152. The maximum atomic E-state index is 12.5. The molecule has 0 aliphatic carbocycles. The highest BCUT2D eigenvalue weighted by molar-refractivity contribution is 7.89. The summed E-state index contributed by atoms with van der Waals surface area (Å²) < 4.78 is 25.8. The van der Waals surface area contributed by atoms with E-state index in [1.807, 2.05) is 37.3 Å². The van der Waals surface area contributed by atoms with Crippen LogP contribution in [0.5, 0.6) is 0 Å². The van der Waals surface area contributed by atoms with Gasteiger partial charge in [0.1, 0.15) is 0 Å². The van der Waals surface area contributed by atoms with Crippen molar-refractivity contribution >= 4 is 15.9 Å². The number of carbonyl (C=O) groups is 1. The first-order valence-electron chi connectivity index (χ1n) is 8.40. The maximum Gasteiger partial charge on any atom is 0.240 e. The minimum Gasteiger partial charge on any atom is -0.349 e. The van der Waals surface area contributed by atoms with Crippen molar-refractivity contribution in [1.82, 2.24) is 10.0 Å². The van der Waals surface area contributed by atoms with E-state index in [0.717, 1.165) is 11.1 Å². The molecule has 4 N–H and O–H groups in total. The fourth-order valence-electron chi connectivity index (χ4n) is 2.61. The van der Waals surface area contributed by atoms with Crippen LogP contribution in [0, 0.1) is 5.92 Å². The number of hydrogen-bond donors (Lipinski definition) is 3. The average molecular weight is 375 g/mol. The van der Waals surface area contributed by atoms with Crippen molar-refractivity contribution in [3.63, 3.8) is 0 Å². The first-order chi connectivity index (χ1) is 12.3. The van der Waals surface area contributed by atoms with E-state index >= 15 is 0 Å². The molecule has 26 heavy (non-hydrogen) atoms. The summed E-state index contributed by atoms with van der Waals surface area (Å²) in [4.78, 5) is 12.7. The Hall–Kier alpha value is -2.22. The SMILES string of the molecule is CNS(=O)(=O)c1ccc(C(C)NC(=O)C(C)C(N)c2ccccc2)cc1. The Morgan fingerprint density at radius 1 is 0.962 bits per heavy atom. The van der Waals surface area contributed by atoms with Gasteiger partial charge in [-0.15, -0.1) is 0 Å². The summed E-state index contributed by atoms with van der Waals surface area (Å²) in [6.45, 7) is 3.64. The Kier molecular flexibility index (Phi) is 6.52. The van der Waals surface area contributed by atoms with Gasteiger partial charge in [0, 0.05) is 6.04 Å². The van der Waals surface area contributed by atoms with E-state index in [2.05, 4.69) is 10.0 Å². The molecule has 2 aromatic rings.